The van der Waals surface area contributed by atoms with Crippen molar-refractivity contribution in [2.24, 2.45) is 34.6 Å². The van der Waals surface area contributed by atoms with Crippen molar-refractivity contribution in [1.82, 2.24) is 25.1 Å². The van der Waals surface area contributed by atoms with Gasteiger partial charge >= 0.3 is 0 Å². The SMILES string of the molecule is CC(C)(C)c1ccc(N2[C@@H](c3ccc4nc([C@@H]5CCCN5C(O)C(C5=CC=CCC5)C5CCCCC5)[nH]c4c3)CC[C@@H]2C2C=C3NC([C@@H]4CCCN4C(O)C(C4=CCCC=C4)C4CCCCC4)=NC3CC2)cc1. The van der Waals surface area contributed by atoms with Crippen LogP contribution in [0.3, 0.4) is 0 Å². The third-order valence-electron chi connectivity index (χ3n) is 19.7. The normalized spacial score (nSPS) is 30.5. The van der Waals surface area contributed by atoms with E-state index in [1.807, 2.05) is 0 Å². The lowest BCUT2D eigenvalue weighted by atomic mass is 9.73. The minimum Gasteiger partial charge on any atom is -0.378 e. The van der Waals surface area contributed by atoms with E-state index >= 15 is 0 Å². The maximum absolute atomic E-state index is 12.5. The van der Waals surface area contributed by atoms with Crippen LogP contribution in [0.4, 0.5) is 5.69 Å². The maximum Gasteiger partial charge on any atom is 0.124 e. The second-order valence-corrected chi connectivity index (χ2v) is 25.1. The van der Waals surface area contributed by atoms with E-state index in [1.54, 1.807) is 0 Å². The minimum atomic E-state index is -0.496. The van der Waals surface area contributed by atoms with Crippen LogP contribution in [0.5, 0.6) is 0 Å². The molecule has 12 rings (SSSR count). The summed E-state index contributed by atoms with van der Waals surface area (Å²) in [5, 5.41) is 28.9. The molecule has 390 valence electrons. The number of aliphatic hydroxyl groups is 2. The number of amidine groups is 1. The lowest BCUT2D eigenvalue weighted by Gasteiger charge is -2.41. The Morgan fingerprint density at radius 1 is 0.685 bits per heavy atom. The van der Waals surface area contributed by atoms with E-state index in [9.17, 15) is 10.2 Å². The summed E-state index contributed by atoms with van der Waals surface area (Å²) in [4.78, 5) is 22.3. The smallest absolute Gasteiger partial charge is 0.124 e. The molecule has 5 aliphatic carbocycles. The van der Waals surface area contributed by atoms with Crippen molar-refractivity contribution in [1.29, 1.82) is 0 Å². The Morgan fingerprint density at radius 3 is 2.12 bits per heavy atom. The molecule has 9 aliphatic rings. The number of benzene rings is 2. The number of nitrogens with one attached hydrogen (secondary N) is 2. The van der Waals surface area contributed by atoms with Crippen molar-refractivity contribution < 1.29 is 10.2 Å². The van der Waals surface area contributed by atoms with E-state index in [2.05, 4.69) is 131 Å². The van der Waals surface area contributed by atoms with Crippen molar-refractivity contribution in [2.45, 2.75) is 210 Å². The molecule has 0 amide bonds. The number of aliphatic imine (C=N–C) groups is 1. The molecule has 5 fully saturated rings. The molecular weight excluding hydrogens is 899 g/mol. The number of hydrogen-bond donors (Lipinski definition) is 4. The number of aliphatic hydroxyl groups excluding tert-OH is 2. The summed E-state index contributed by atoms with van der Waals surface area (Å²) < 4.78 is 0. The predicted octanol–water partition coefficient (Wildman–Crippen LogP) is 13.4. The number of fused-ring (bicyclic) bond motifs is 2. The van der Waals surface area contributed by atoms with Gasteiger partial charge in [0.1, 0.15) is 24.1 Å². The van der Waals surface area contributed by atoms with Gasteiger partial charge in [0, 0.05) is 42.4 Å². The van der Waals surface area contributed by atoms with Crippen LogP contribution in [0.2, 0.25) is 0 Å². The van der Waals surface area contributed by atoms with E-state index < -0.39 is 12.5 Å². The van der Waals surface area contributed by atoms with Crippen LogP contribution >= 0.6 is 0 Å². The van der Waals surface area contributed by atoms with Gasteiger partial charge < -0.3 is 25.4 Å². The van der Waals surface area contributed by atoms with Crippen LogP contribution in [0.1, 0.15) is 191 Å². The molecule has 9 heteroatoms. The first-order chi connectivity index (χ1) is 35.7. The van der Waals surface area contributed by atoms with Gasteiger partial charge in [0.25, 0.3) is 0 Å². The highest BCUT2D eigenvalue weighted by Crippen LogP contribution is 2.48. The fraction of sp³-hybridized carbons (Fsp3) is 0.625. The highest BCUT2D eigenvalue weighted by Gasteiger charge is 2.46. The Labute approximate surface area is 437 Å². The number of aromatic nitrogens is 2. The molecule has 0 spiro atoms. The molecule has 1 aromatic heterocycles. The van der Waals surface area contributed by atoms with Gasteiger partial charge in [-0.05, 0) is 167 Å². The maximum atomic E-state index is 12.5. The van der Waals surface area contributed by atoms with Gasteiger partial charge in [-0.3, -0.25) is 14.8 Å². The van der Waals surface area contributed by atoms with Crippen LogP contribution in [0.25, 0.3) is 11.0 Å². The van der Waals surface area contributed by atoms with Gasteiger partial charge in [0.15, 0.2) is 0 Å². The third-order valence-corrected chi connectivity index (χ3v) is 19.7. The van der Waals surface area contributed by atoms with Gasteiger partial charge in [-0.2, -0.15) is 0 Å². The molecule has 0 bridgehead atoms. The molecule has 4 aliphatic heterocycles. The van der Waals surface area contributed by atoms with E-state index in [1.165, 1.54) is 97.9 Å². The Hall–Kier alpha value is -4.28. The zero-order valence-electron chi connectivity index (χ0n) is 44.6. The second-order valence-electron chi connectivity index (χ2n) is 25.1. The Morgan fingerprint density at radius 2 is 1.41 bits per heavy atom. The van der Waals surface area contributed by atoms with E-state index in [0.29, 0.717) is 23.8 Å². The van der Waals surface area contributed by atoms with Crippen molar-refractivity contribution in [2.75, 3.05) is 18.0 Å². The van der Waals surface area contributed by atoms with Crippen molar-refractivity contribution in [3.05, 3.63) is 119 Å². The summed E-state index contributed by atoms with van der Waals surface area (Å²) in [6.07, 6.45) is 41.1. The third kappa shape index (κ3) is 10.0. The van der Waals surface area contributed by atoms with Crippen LogP contribution < -0.4 is 10.2 Å². The number of rotatable bonds is 13. The monoisotopic (exact) mass is 986 g/mol. The van der Waals surface area contributed by atoms with Crippen LogP contribution in [0, 0.1) is 29.6 Å². The number of aromatic amines is 1. The lowest BCUT2D eigenvalue weighted by Crippen LogP contribution is -2.51. The number of nitrogens with zero attached hydrogens (tertiary/aromatic N) is 5. The van der Waals surface area contributed by atoms with Crippen molar-refractivity contribution >= 4 is 22.6 Å². The fourth-order valence-corrected chi connectivity index (χ4v) is 15.9. The number of likely N-dealkylation sites (tertiary alicyclic amines) is 2. The Bertz CT molecular complexity index is 2600. The molecule has 2 saturated carbocycles. The summed E-state index contributed by atoms with van der Waals surface area (Å²) in [7, 11) is 0. The lowest BCUT2D eigenvalue weighted by molar-refractivity contribution is -0.0603. The van der Waals surface area contributed by atoms with Gasteiger partial charge in [-0.1, -0.05) is 126 Å². The summed E-state index contributed by atoms with van der Waals surface area (Å²) in [5.41, 5.74) is 10.3. The van der Waals surface area contributed by atoms with E-state index in [0.717, 1.165) is 113 Å². The largest absolute Gasteiger partial charge is 0.378 e. The number of anilines is 1. The fourth-order valence-electron chi connectivity index (χ4n) is 15.9. The van der Waals surface area contributed by atoms with Crippen LogP contribution in [0.15, 0.2) is 107 Å². The van der Waals surface area contributed by atoms with Gasteiger partial charge in [-0.25, -0.2) is 4.98 Å². The Kier molecular flexibility index (Phi) is 14.5. The number of H-pyrrole nitrogens is 1. The summed E-state index contributed by atoms with van der Waals surface area (Å²) in [6, 6.07) is 17.5. The van der Waals surface area contributed by atoms with E-state index in [4.69, 9.17) is 9.98 Å². The Balaban J connectivity index is 0.791. The van der Waals surface area contributed by atoms with Crippen molar-refractivity contribution in [3.8, 4) is 0 Å². The molecule has 3 saturated heterocycles. The molecular formula is C64H87N7O2. The molecule has 9 nitrogen and oxygen atoms in total. The summed E-state index contributed by atoms with van der Waals surface area (Å²) in [5.74, 6) is 3.94. The minimum absolute atomic E-state index is 0.0818. The molecule has 10 atom stereocenters. The zero-order valence-corrected chi connectivity index (χ0v) is 44.6. The first-order valence-electron chi connectivity index (χ1n) is 29.7. The molecule has 5 heterocycles. The van der Waals surface area contributed by atoms with Gasteiger partial charge in [0.05, 0.1) is 35.2 Å². The second kappa shape index (κ2) is 21.4. The molecule has 73 heavy (non-hydrogen) atoms. The molecule has 0 radical (unpaired) electrons. The quantitative estimate of drug-likeness (QED) is 0.135. The number of imidazole rings is 1. The standard InChI is InChI=1S/C64H87N7O2/c1-64(2,3)48-30-32-49(33-31-48)71-54(46-28-34-50-52(40-46)67-60(65-50)56-26-16-38-69(56)62(72)58(42-18-8-4-9-19-42)43-20-10-5-11-21-43)36-37-55(71)47-29-35-51-53(41-47)68-61(66-51)57-27-17-39-70(57)63(73)59(44-22-12-6-13-23-44)45-24-14-7-15-25-45/h4,8,12,18,22-23,28,30-34,40-41,43,45,47,51,54-59,62-63,72-73H,5-7,9-11,13-17,19-21,24-27,29,35-39H2,1-3H3,(H,65,67)(H,66,68)/t47?,51?,54-,55-,56+,57+,58?,59?,62?,63?/m1/s1. The molecule has 4 N–H and O–H groups in total. The number of hydrogen-bond acceptors (Lipinski definition) is 8. The van der Waals surface area contributed by atoms with Gasteiger partial charge in [0.2, 0.25) is 0 Å². The highest BCUT2D eigenvalue weighted by molar-refractivity contribution is 5.92. The molecule has 6 unspecified atom stereocenters. The zero-order chi connectivity index (χ0) is 49.6. The van der Waals surface area contributed by atoms with Crippen LogP contribution in [-0.2, 0) is 5.41 Å². The van der Waals surface area contributed by atoms with Crippen molar-refractivity contribution in [3.63, 3.8) is 0 Å². The topological polar surface area (TPSA) is 103 Å². The average molecular weight is 986 g/mol. The number of allylic oxidation sites excluding steroid dienone is 6. The highest BCUT2D eigenvalue weighted by atomic mass is 16.3. The molecule has 2 aromatic carbocycles. The summed E-state index contributed by atoms with van der Waals surface area (Å²) in [6.45, 7) is 8.77. The first kappa shape index (κ1) is 49.6. The first-order valence-corrected chi connectivity index (χ1v) is 29.7. The summed E-state index contributed by atoms with van der Waals surface area (Å²) >= 11 is 0. The average Bonchev–Trinajstić information content (AvgIpc) is 4.29. The predicted molar refractivity (Wildman–Crippen MR) is 298 cm³/mol. The van der Waals surface area contributed by atoms with E-state index in [-0.39, 0.29) is 41.4 Å². The molecule has 3 aromatic rings. The van der Waals surface area contributed by atoms with Gasteiger partial charge in [-0.15, -0.1) is 0 Å². The van der Waals surface area contributed by atoms with Crippen LogP contribution in [-0.4, -0.2) is 79.5 Å².